The Hall–Kier alpha value is -2.13. The molecule has 3 rings (SSSR count). The Labute approximate surface area is 122 Å². The van der Waals surface area contributed by atoms with Crippen LogP contribution in [-0.4, -0.2) is 5.97 Å². The minimum absolute atomic E-state index is 0.283. The van der Waals surface area contributed by atoms with Crippen LogP contribution in [0.1, 0.15) is 21.6 Å². The molecule has 1 aromatic carbocycles. The maximum absolute atomic E-state index is 11.9. The monoisotopic (exact) mass is 282 g/mol. The van der Waals surface area contributed by atoms with Crippen molar-refractivity contribution in [3.63, 3.8) is 0 Å². The van der Waals surface area contributed by atoms with Crippen LogP contribution in [0.2, 0.25) is 0 Å². The number of thiophene rings is 1. The molecule has 0 saturated carbocycles. The predicted octanol–water partition coefficient (Wildman–Crippen LogP) is 4.35. The van der Waals surface area contributed by atoms with E-state index in [1.807, 2.05) is 55.6 Å². The maximum Gasteiger partial charge on any atom is 0.343 e. The van der Waals surface area contributed by atoms with Crippen LogP contribution in [0, 0.1) is 13.8 Å². The fourth-order valence-corrected chi connectivity index (χ4v) is 2.82. The van der Waals surface area contributed by atoms with Gasteiger partial charge in [0.2, 0.25) is 0 Å². The molecule has 1 aliphatic heterocycles. The van der Waals surface area contributed by atoms with Crippen molar-refractivity contribution in [2.45, 2.75) is 13.8 Å². The smallest absolute Gasteiger partial charge is 0.343 e. The lowest BCUT2D eigenvalue weighted by molar-refractivity contribution is -0.130. The summed E-state index contributed by atoms with van der Waals surface area (Å²) in [5.74, 6) is 0.355. The molecule has 0 atom stereocenters. The van der Waals surface area contributed by atoms with Gasteiger partial charge in [0.15, 0.2) is 0 Å². The van der Waals surface area contributed by atoms with E-state index in [0.29, 0.717) is 11.3 Å². The van der Waals surface area contributed by atoms with E-state index in [9.17, 15) is 4.79 Å². The number of cyclic esters (lactones) is 1. The summed E-state index contributed by atoms with van der Waals surface area (Å²) in [5.41, 5.74) is 3.83. The third kappa shape index (κ3) is 2.45. The Morgan fingerprint density at radius 2 is 2.05 bits per heavy atom. The number of hydrogen-bond acceptors (Lipinski definition) is 3. The van der Waals surface area contributed by atoms with Gasteiger partial charge in [-0.15, -0.1) is 11.3 Å². The van der Waals surface area contributed by atoms with Crippen LogP contribution in [0.15, 0.2) is 47.4 Å². The summed E-state index contributed by atoms with van der Waals surface area (Å²) in [6.45, 7) is 4.05. The van der Waals surface area contributed by atoms with Gasteiger partial charge in [-0.25, -0.2) is 4.79 Å². The van der Waals surface area contributed by atoms with Gasteiger partial charge in [0.25, 0.3) is 0 Å². The zero-order chi connectivity index (χ0) is 14.1. The van der Waals surface area contributed by atoms with E-state index in [0.717, 1.165) is 21.6 Å². The molecule has 1 aliphatic rings. The van der Waals surface area contributed by atoms with Crippen LogP contribution >= 0.6 is 11.3 Å². The first kappa shape index (κ1) is 12.9. The molecule has 0 amide bonds. The Balaban J connectivity index is 2.00. The number of carbonyl (C=O) groups is 1. The molecule has 20 heavy (non-hydrogen) atoms. The lowest BCUT2D eigenvalue weighted by atomic mass is 10.0. The molecule has 0 aliphatic carbocycles. The number of hydrogen-bond donors (Lipinski definition) is 0. The zero-order valence-corrected chi connectivity index (χ0v) is 12.2. The lowest BCUT2D eigenvalue weighted by Gasteiger charge is -2.06. The molecule has 0 N–H and O–H groups in total. The number of aryl methyl sites for hydroxylation is 2. The second-order valence-corrected chi connectivity index (χ2v) is 5.81. The van der Waals surface area contributed by atoms with Crippen molar-refractivity contribution in [1.82, 2.24) is 0 Å². The Morgan fingerprint density at radius 3 is 2.80 bits per heavy atom. The molecule has 0 fully saturated rings. The van der Waals surface area contributed by atoms with Gasteiger partial charge in [-0.2, -0.15) is 0 Å². The zero-order valence-electron chi connectivity index (χ0n) is 11.3. The number of rotatable bonds is 2. The van der Waals surface area contributed by atoms with Crippen molar-refractivity contribution in [3.8, 4) is 0 Å². The number of carbonyl (C=O) groups excluding carboxylic acids is 1. The van der Waals surface area contributed by atoms with Gasteiger partial charge >= 0.3 is 5.97 Å². The average molecular weight is 282 g/mol. The second kappa shape index (κ2) is 5.10. The summed E-state index contributed by atoms with van der Waals surface area (Å²) in [7, 11) is 0. The van der Waals surface area contributed by atoms with Crippen LogP contribution in [0.5, 0.6) is 0 Å². The minimum Gasteiger partial charge on any atom is -0.422 e. The molecule has 0 saturated heterocycles. The third-order valence-electron chi connectivity index (χ3n) is 3.22. The van der Waals surface area contributed by atoms with Gasteiger partial charge in [-0.05, 0) is 49.1 Å². The quantitative estimate of drug-likeness (QED) is 0.605. The van der Waals surface area contributed by atoms with Crippen molar-refractivity contribution in [2.24, 2.45) is 0 Å². The summed E-state index contributed by atoms with van der Waals surface area (Å²) in [6.07, 6.45) is 3.69. The van der Waals surface area contributed by atoms with Crippen molar-refractivity contribution in [1.29, 1.82) is 0 Å². The van der Waals surface area contributed by atoms with E-state index in [2.05, 4.69) is 6.07 Å². The van der Waals surface area contributed by atoms with E-state index in [1.165, 1.54) is 0 Å². The molecule has 3 heteroatoms. The molecule has 2 heterocycles. The molecule has 100 valence electrons. The highest BCUT2D eigenvalue weighted by molar-refractivity contribution is 7.10. The first-order chi connectivity index (χ1) is 9.63. The number of benzene rings is 1. The summed E-state index contributed by atoms with van der Waals surface area (Å²) < 4.78 is 5.40. The molecular formula is C17H14O2S. The van der Waals surface area contributed by atoms with Crippen LogP contribution in [0.3, 0.4) is 0 Å². The van der Waals surface area contributed by atoms with E-state index in [-0.39, 0.29) is 5.97 Å². The predicted molar refractivity (Wildman–Crippen MR) is 82.3 cm³/mol. The van der Waals surface area contributed by atoms with Gasteiger partial charge in [0, 0.05) is 10.4 Å². The Kier molecular flexibility index (Phi) is 3.28. The van der Waals surface area contributed by atoms with Crippen LogP contribution in [-0.2, 0) is 9.53 Å². The summed E-state index contributed by atoms with van der Waals surface area (Å²) in [4.78, 5) is 13.0. The van der Waals surface area contributed by atoms with Crippen LogP contribution < -0.4 is 0 Å². The van der Waals surface area contributed by atoms with E-state index < -0.39 is 0 Å². The molecule has 0 bridgehead atoms. The van der Waals surface area contributed by atoms with Gasteiger partial charge in [-0.3, -0.25) is 0 Å². The molecule has 0 spiro atoms. The fourth-order valence-electron chi connectivity index (χ4n) is 2.15. The largest absolute Gasteiger partial charge is 0.422 e. The van der Waals surface area contributed by atoms with Crippen molar-refractivity contribution in [2.75, 3.05) is 0 Å². The number of ether oxygens (including phenoxy) is 1. The second-order valence-electron chi connectivity index (χ2n) is 4.83. The molecule has 1 aromatic heterocycles. The van der Waals surface area contributed by atoms with Crippen molar-refractivity contribution >= 4 is 29.1 Å². The first-order valence-electron chi connectivity index (χ1n) is 6.40. The normalized spacial score (nSPS) is 16.4. The highest BCUT2D eigenvalue weighted by Crippen LogP contribution is 2.30. The fraction of sp³-hybridized carbons (Fsp3) is 0.118. The molecule has 0 unspecified atom stereocenters. The van der Waals surface area contributed by atoms with Gasteiger partial charge in [-0.1, -0.05) is 23.8 Å². The van der Waals surface area contributed by atoms with Crippen molar-refractivity contribution < 1.29 is 9.53 Å². The average Bonchev–Trinajstić information content (AvgIpc) is 3.04. The van der Waals surface area contributed by atoms with E-state index in [4.69, 9.17) is 4.74 Å². The number of esters is 1. The molecule has 0 radical (unpaired) electrons. The Bertz CT molecular complexity index is 721. The minimum atomic E-state index is -0.283. The highest BCUT2D eigenvalue weighted by Gasteiger charge is 2.23. The van der Waals surface area contributed by atoms with Crippen molar-refractivity contribution in [3.05, 3.63) is 68.9 Å². The molecular weight excluding hydrogens is 268 g/mol. The SMILES string of the molecule is Cc1ccc(C)c(C2=C/C(=C\c3cccs3)C(=O)O2)c1. The summed E-state index contributed by atoms with van der Waals surface area (Å²) in [6, 6.07) is 10.1. The Morgan fingerprint density at radius 1 is 1.20 bits per heavy atom. The first-order valence-corrected chi connectivity index (χ1v) is 7.28. The topological polar surface area (TPSA) is 26.3 Å². The van der Waals surface area contributed by atoms with E-state index >= 15 is 0 Å². The van der Waals surface area contributed by atoms with Crippen LogP contribution in [0.4, 0.5) is 0 Å². The maximum atomic E-state index is 11.9. The highest BCUT2D eigenvalue weighted by atomic mass is 32.1. The molecule has 2 aromatic rings. The van der Waals surface area contributed by atoms with Gasteiger partial charge in [0.1, 0.15) is 5.76 Å². The summed E-state index contributed by atoms with van der Waals surface area (Å²) >= 11 is 1.60. The summed E-state index contributed by atoms with van der Waals surface area (Å²) in [5, 5.41) is 1.99. The van der Waals surface area contributed by atoms with Gasteiger partial charge < -0.3 is 4.74 Å². The van der Waals surface area contributed by atoms with E-state index in [1.54, 1.807) is 11.3 Å². The third-order valence-corrected chi connectivity index (χ3v) is 4.04. The van der Waals surface area contributed by atoms with Gasteiger partial charge in [0.05, 0.1) is 5.57 Å². The standard InChI is InChI=1S/C17H14O2S/c1-11-5-6-12(2)15(8-11)16-10-13(17(18)19-16)9-14-4-3-7-20-14/h3-10H,1-2H3/b13-9+. The lowest BCUT2D eigenvalue weighted by Crippen LogP contribution is -1.98. The molecule has 2 nitrogen and oxygen atoms in total. The van der Waals surface area contributed by atoms with Crippen LogP contribution in [0.25, 0.3) is 11.8 Å².